The molecule has 2 atom stereocenters. The highest BCUT2D eigenvalue weighted by molar-refractivity contribution is 5.69. The SMILES string of the molecule is CCCCC(=O)OC(C)[C@H](Oc1ccc(C(F)(F)F)cc1)C(C)C. The van der Waals surface area contributed by atoms with Gasteiger partial charge in [0, 0.05) is 6.42 Å². The van der Waals surface area contributed by atoms with E-state index in [0.29, 0.717) is 12.2 Å². The zero-order chi connectivity index (χ0) is 18.3. The highest BCUT2D eigenvalue weighted by atomic mass is 19.4. The van der Waals surface area contributed by atoms with E-state index in [-0.39, 0.29) is 11.9 Å². The smallest absolute Gasteiger partial charge is 0.416 e. The molecule has 1 rings (SSSR count). The molecule has 0 saturated heterocycles. The molecule has 0 aliphatic heterocycles. The van der Waals surface area contributed by atoms with Gasteiger partial charge in [0.1, 0.15) is 18.0 Å². The Hall–Kier alpha value is -1.72. The average molecular weight is 346 g/mol. The van der Waals surface area contributed by atoms with Crippen LogP contribution in [-0.4, -0.2) is 18.2 Å². The van der Waals surface area contributed by atoms with Crippen molar-refractivity contribution < 1.29 is 27.4 Å². The zero-order valence-electron chi connectivity index (χ0n) is 14.5. The fourth-order valence-corrected chi connectivity index (χ4v) is 2.31. The van der Waals surface area contributed by atoms with E-state index in [1.165, 1.54) is 12.1 Å². The Kier molecular flexibility index (Phi) is 7.58. The number of ether oxygens (including phenoxy) is 2. The van der Waals surface area contributed by atoms with Crippen molar-refractivity contribution in [3.63, 3.8) is 0 Å². The van der Waals surface area contributed by atoms with E-state index < -0.39 is 23.9 Å². The van der Waals surface area contributed by atoms with Crippen molar-refractivity contribution in [1.29, 1.82) is 0 Å². The van der Waals surface area contributed by atoms with Crippen molar-refractivity contribution in [1.82, 2.24) is 0 Å². The Bertz CT molecular complexity index is 509. The van der Waals surface area contributed by atoms with E-state index in [2.05, 4.69) is 0 Å². The first kappa shape index (κ1) is 20.3. The normalized spacial score (nSPS) is 14.3. The van der Waals surface area contributed by atoms with Gasteiger partial charge < -0.3 is 9.47 Å². The number of rotatable bonds is 8. The number of benzene rings is 1. The molecule has 0 amide bonds. The van der Waals surface area contributed by atoms with E-state index in [9.17, 15) is 18.0 Å². The topological polar surface area (TPSA) is 35.5 Å². The zero-order valence-corrected chi connectivity index (χ0v) is 14.5. The number of hydrogen-bond donors (Lipinski definition) is 0. The molecule has 0 aliphatic rings. The van der Waals surface area contributed by atoms with Crippen molar-refractivity contribution in [2.75, 3.05) is 0 Å². The van der Waals surface area contributed by atoms with Crippen LogP contribution in [0.4, 0.5) is 13.2 Å². The third-order valence-electron chi connectivity index (χ3n) is 3.63. The van der Waals surface area contributed by atoms with E-state index in [0.717, 1.165) is 25.0 Å². The van der Waals surface area contributed by atoms with E-state index in [4.69, 9.17) is 9.47 Å². The summed E-state index contributed by atoms with van der Waals surface area (Å²) in [6.45, 7) is 7.54. The van der Waals surface area contributed by atoms with Crippen LogP contribution in [0.3, 0.4) is 0 Å². The van der Waals surface area contributed by atoms with Crippen LogP contribution in [0.15, 0.2) is 24.3 Å². The van der Waals surface area contributed by atoms with Gasteiger partial charge in [-0.15, -0.1) is 0 Å². The van der Waals surface area contributed by atoms with E-state index in [1.54, 1.807) is 6.92 Å². The van der Waals surface area contributed by atoms with Crippen LogP contribution in [0, 0.1) is 5.92 Å². The fourth-order valence-electron chi connectivity index (χ4n) is 2.31. The lowest BCUT2D eigenvalue weighted by molar-refractivity contribution is -0.154. The summed E-state index contributed by atoms with van der Waals surface area (Å²) in [5.41, 5.74) is -0.727. The van der Waals surface area contributed by atoms with Gasteiger partial charge in [-0.2, -0.15) is 13.2 Å². The number of carbonyl (C=O) groups excluding carboxylic acids is 1. The first-order valence-electron chi connectivity index (χ1n) is 8.18. The standard InChI is InChI=1S/C18H25F3O3/c1-5-6-7-16(22)23-13(4)17(12(2)3)24-15-10-8-14(9-11-15)18(19,20)21/h8-13,17H,5-7H2,1-4H3/t13?,17-/m1/s1. The number of carbonyl (C=O) groups is 1. The van der Waals surface area contributed by atoms with Gasteiger partial charge in [0.25, 0.3) is 0 Å². The lowest BCUT2D eigenvalue weighted by atomic mass is 10.0. The Morgan fingerprint density at radius 3 is 2.17 bits per heavy atom. The lowest BCUT2D eigenvalue weighted by Gasteiger charge is -2.28. The third-order valence-corrected chi connectivity index (χ3v) is 3.63. The number of esters is 1. The van der Waals surface area contributed by atoms with Crippen LogP contribution in [0.2, 0.25) is 0 Å². The first-order chi connectivity index (χ1) is 11.1. The quantitative estimate of drug-likeness (QED) is 0.605. The van der Waals surface area contributed by atoms with Crippen LogP contribution in [-0.2, 0) is 15.7 Å². The summed E-state index contributed by atoms with van der Waals surface area (Å²) in [7, 11) is 0. The maximum absolute atomic E-state index is 12.6. The molecule has 0 spiro atoms. The van der Waals surface area contributed by atoms with Gasteiger partial charge in [-0.1, -0.05) is 27.2 Å². The minimum atomic E-state index is -4.38. The molecule has 1 unspecified atom stereocenters. The van der Waals surface area contributed by atoms with Crippen LogP contribution in [0.5, 0.6) is 5.75 Å². The Morgan fingerprint density at radius 2 is 1.71 bits per heavy atom. The van der Waals surface area contributed by atoms with Gasteiger partial charge in [-0.05, 0) is 43.5 Å². The van der Waals surface area contributed by atoms with Gasteiger partial charge >= 0.3 is 12.1 Å². The number of hydrogen-bond acceptors (Lipinski definition) is 3. The molecule has 0 aliphatic carbocycles. The molecule has 0 saturated carbocycles. The highest BCUT2D eigenvalue weighted by Gasteiger charge is 2.31. The van der Waals surface area contributed by atoms with Crippen LogP contribution < -0.4 is 4.74 Å². The number of unbranched alkanes of at least 4 members (excludes halogenated alkanes) is 1. The molecule has 6 heteroatoms. The Morgan fingerprint density at radius 1 is 1.12 bits per heavy atom. The Balaban J connectivity index is 2.73. The van der Waals surface area contributed by atoms with Gasteiger partial charge in [0.2, 0.25) is 0 Å². The third kappa shape index (κ3) is 6.42. The van der Waals surface area contributed by atoms with Crippen molar-refractivity contribution in [3.8, 4) is 5.75 Å². The summed E-state index contributed by atoms with van der Waals surface area (Å²) in [4.78, 5) is 11.7. The average Bonchev–Trinajstić information content (AvgIpc) is 2.49. The second-order valence-electron chi connectivity index (χ2n) is 6.15. The van der Waals surface area contributed by atoms with Gasteiger partial charge in [-0.25, -0.2) is 0 Å². The minimum absolute atomic E-state index is 0.0290. The summed E-state index contributed by atoms with van der Waals surface area (Å²) in [5, 5.41) is 0. The van der Waals surface area contributed by atoms with Crippen LogP contribution in [0.25, 0.3) is 0 Å². The maximum atomic E-state index is 12.6. The van der Waals surface area contributed by atoms with Crippen molar-refractivity contribution in [2.24, 2.45) is 5.92 Å². The predicted octanol–water partition coefficient (Wildman–Crippen LogP) is 5.23. The Labute approximate surface area is 141 Å². The molecule has 1 aromatic rings. The summed E-state index contributed by atoms with van der Waals surface area (Å²) in [5.74, 6) is 0.0606. The van der Waals surface area contributed by atoms with Crippen LogP contribution in [0.1, 0.15) is 52.5 Å². The number of halogens is 3. The maximum Gasteiger partial charge on any atom is 0.416 e. The monoisotopic (exact) mass is 346 g/mol. The molecule has 3 nitrogen and oxygen atoms in total. The molecular weight excluding hydrogens is 321 g/mol. The molecule has 0 heterocycles. The van der Waals surface area contributed by atoms with E-state index >= 15 is 0 Å². The van der Waals surface area contributed by atoms with E-state index in [1.807, 2.05) is 20.8 Å². The summed E-state index contributed by atoms with van der Waals surface area (Å²) < 4.78 is 48.9. The van der Waals surface area contributed by atoms with Crippen molar-refractivity contribution >= 4 is 5.97 Å². The summed E-state index contributed by atoms with van der Waals surface area (Å²) in [6, 6.07) is 4.52. The first-order valence-corrected chi connectivity index (χ1v) is 8.18. The largest absolute Gasteiger partial charge is 0.486 e. The highest BCUT2D eigenvalue weighted by Crippen LogP contribution is 2.31. The number of alkyl halides is 3. The molecule has 136 valence electrons. The molecule has 0 aromatic heterocycles. The molecular formula is C18H25F3O3. The molecule has 0 radical (unpaired) electrons. The predicted molar refractivity (Wildman–Crippen MR) is 85.8 cm³/mol. The molecule has 0 bridgehead atoms. The van der Waals surface area contributed by atoms with Crippen molar-refractivity contribution in [3.05, 3.63) is 29.8 Å². The lowest BCUT2D eigenvalue weighted by Crippen LogP contribution is -2.37. The van der Waals surface area contributed by atoms with Gasteiger partial charge in [0.15, 0.2) is 0 Å². The summed E-state index contributed by atoms with van der Waals surface area (Å²) in [6.07, 6.45) is -3.29. The molecule has 0 N–H and O–H groups in total. The van der Waals surface area contributed by atoms with Gasteiger partial charge in [-0.3, -0.25) is 4.79 Å². The minimum Gasteiger partial charge on any atom is -0.486 e. The van der Waals surface area contributed by atoms with Gasteiger partial charge in [0.05, 0.1) is 5.56 Å². The van der Waals surface area contributed by atoms with Crippen LogP contribution >= 0.6 is 0 Å². The molecule has 24 heavy (non-hydrogen) atoms. The van der Waals surface area contributed by atoms with Crippen molar-refractivity contribution in [2.45, 2.75) is 65.3 Å². The molecule has 1 aromatic carbocycles. The fraction of sp³-hybridized carbons (Fsp3) is 0.611. The molecule has 0 fully saturated rings. The second kappa shape index (κ2) is 8.94. The second-order valence-corrected chi connectivity index (χ2v) is 6.15. The summed E-state index contributed by atoms with van der Waals surface area (Å²) >= 11 is 0.